The topological polar surface area (TPSA) is 57.6 Å². The van der Waals surface area contributed by atoms with E-state index in [4.69, 9.17) is 0 Å². The van der Waals surface area contributed by atoms with Crippen LogP contribution in [0.25, 0.3) is 23.3 Å². The number of carbonyl (C=O) groups is 2. The van der Waals surface area contributed by atoms with E-state index in [2.05, 4.69) is 6.07 Å². The second-order valence-electron chi connectivity index (χ2n) is 7.40. The van der Waals surface area contributed by atoms with Gasteiger partial charge in [0, 0.05) is 19.8 Å². The predicted octanol–water partition coefficient (Wildman–Crippen LogP) is 5.38. The molecule has 0 bridgehead atoms. The molecule has 3 rings (SSSR count). The summed E-state index contributed by atoms with van der Waals surface area (Å²) in [7, 11) is 3.91. The van der Waals surface area contributed by atoms with Crippen molar-refractivity contribution in [3.63, 3.8) is 0 Å². The third-order valence-electron chi connectivity index (χ3n) is 4.77. The summed E-state index contributed by atoms with van der Waals surface area (Å²) in [5.74, 6) is -0.360. The fraction of sp³-hybridized carbons (Fsp3) is 0.111. The van der Waals surface area contributed by atoms with Crippen molar-refractivity contribution in [2.75, 3.05) is 19.0 Å². The van der Waals surface area contributed by atoms with Gasteiger partial charge in [-0.2, -0.15) is 0 Å². The third-order valence-corrected chi connectivity index (χ3v) is 4.77. The summed E-state index contributed by atoms with van der Waals surface area (Å²) in [4.78, 5) is 26.4. The van der Waals surface area contributed by atoms with E-state index in [0.29, 0.717) is 0 Å². The van der Waals surface area contributed by atoms with Crippen LogP contribution in [0.3, 0.4) is 0 Å². The molecule has 4 nitrogen and oxygen atoms in total. The van der Waals surface area contributed by atoms with Gasteiger partial charge in [-0.05, 0) is 64.7 Å². The van der Waals surface area contributed by atoms with E-state index in [0.717, 1.165) is 27.9 Å². The number of benzene rings is 3. The van der Waals surface area contributed by atoms with Crippen LogP contribution in [0.1, 0.15) is 17.5 Å². The van der Waals surface area contributed by atoms with Gasteiger partial charge in [0.1, 0.15) is 5.75 Å². The molecule has 31 heavy (non-hydrogen) atoms. The van der Waals surface area contributed by atoms with Gasteiger partial charge in [-0.1, -0.05) is 54.6 Å². The molecule has 0 radical (unpaired) electrons. The zero-order valence-electron chi connectivity index (χ0n) is 17.7. The Morgan fingerprint density at radius 3 is 2.10 bits per heavy atom. The van der Waals surface area contributed by atoms with Crippen molar-refractivity contribution in [3.05, 3.63) is 96.1 Å². The molecule has 1 N–H and O–H groups in total. The van der Waals surface area contributed by atoms with Crippen LogP contribution in [0, 0.1) is 0 Å². The van der Waals surface area contributed by atoms with Crippen molar-refractivity contribution in [3.8, 4) is 16.9 Å². The van der Waals surface area contributed by atoms with Gasteiger partial charge >= 0.3 is 0 Å². The Bertz CT molecular complexity index is 1110. The smallest absolute Gasteiger partial charge is 0.163 e. The molecule has 0 aliphatic heterocycles. The quantitative estimate of drug-likeness (QED) is 0.399. The summed E-state index contributed by atoms with van der Waals surface area (Å²) in [6.45, 7) is 0. The molecule has 0 aromatic heterocycles. The van der Waals surface area contributed by atoms with Gasteiger partial charge in [-0.25, -0.2) is 0 Å². The molecule has 0 atom stereocenters. The number of phenols is 1. The first-order valence-electron chi connectivity index (χ1n) is 10.00. The van der Waals surface area contributed by atoms with E-state index in [1.807, 2.05) is 61.5 Å². The van der Waals surface area contributed by atoms with Gasteiger partial charge in [0.15, 0.2) is 11.6 Å². The van der Waals surface area contributed by atoms with Gasteiger partial charge in [-0.15, -0.1) is 0 Å². The average Bonchev–Trinajstić information content (AvgIpc) is 2.77. The molecule has 4 heteroatoms. The molecule has 0 unspecified atom stereocenters. The molecule has 0 amide bonds. The minimum absolute atomic E-state index is 0.164. The molecule has 0 saturated heterocycles. The van der Waals surface area contributed by atoms with Crippen LogP contribution >= 0.6 is 0 Å². The van der Waals surface area contributed by atoms with Crippen LogP contribution in [0.15, 0.2) is 84.9 Å². The van der Waals surface area contributed by atoms with Gasteiger partial charge in [-0.3, -0.25) is 9.59 Å². The lowest BCUT2D eigenvalue weighted by molar-refractivity contribution is -0.121. The molecule has 0 fully saturated rings. The van der Waals surface area contributed by atoms with Crippen molar-refractivity contribution in [1.82, 2.24) is 0 Å². The lowest BCUT2D eigenvalue weighted by Crippen LogP contribution is -2.10. The molecule has 0 aliphatic rings. The largest absolute Gasteiger partial charge is 0.508 e. The number of allylic oxidation sites excluding steroid dienone is 2. The number of hydrogen-bond acceptors (Lipinski definition) is 4. The fourth-order valence-electron chi connectivity index (χ4n) is 3.15. The average molecular weight is 412 g/mol. The van der Waals surface area contributed by atoms with Crippen molar-refractivity contribution >= 4 is 29.4 Å². The second-order valence-corrected chi connectivity index (χ2v) is 7.40. The Labute approximate surface area is 182 Å². The normalized spacial score (nSPS) is 11.2. The summed E-state index contributed by atoms with van der Waals surface area (Å²) in [6, 6.07) is 22.7. The number of carbonyl (C=O) groups excluding carboxylic acids is 2. The van der Waals surface area contributed by atoms with Crippen molar-refractivity contribution < 1.29 is 14.7 Å². The van der Waals surface area contributed by atoms with Crippen LogP contribution in [-0.2, 0) is 9.59 Å². The van der Waals surface area contributed by atoms with E-state index in [-0.39, 0.29) is 23.7 Å². The van der Waals surface area contributed by atoms with Gasteiger partial charge < -0.3 is 10.0 Å². The van der Waals surface area contributed by atoms with Gasteiger partial charge in [0.25, 0.3) is 0 Å². The first kappa shape index (κ1) is 21.8. The highest BCUT2D eigenvalue weighted by Crippen LogP contribution is 2.27. The summed E-state index contributed by atoms with van der Waals surface area (Å²) < 4.78 is 0. The summed E-state index contributed by atoms with van der Waals surface area (Å²) in [5.41, 5.74) is 4.84. The maximum absolute atomic E-state index is 12.3. The zero-order valence-corrected chi connectivity index (χ0v) is 17.7. The summed E-state index contributed by atoms with van der Waals surface area (Å²) in [6.07, 6.45) is 6.05. The van der Waals surface area contributed by atoms with Gasteiger partial charge in [0.05, 0.1) is 6.42 Å². The van der Waals surface area contributed by atoms with E-state index in [9.17, 15) is 14.7 Å². The molecule has 0 heterocycles. The number of nitrogens with zero attached hydrogens (tertiary/aromatic N) is 1. The fourth-order valence-corrected chi connectivity index (χ4v) is 3.15. The van der Waals surface area contributed by atoms with Crippen LogP contribution < -0.4 is 4.90 Å². The van der Waals surface area contributed by atoms with Crippen LogP contribution in [-0.4, -0.2) is 30.8 Å². The summed E-state index contributed by atoms with van der Waals surface area (Å²) >= 11 is 0. The highest BCUT2D eigenvalue weighted by molar-refractivity contribution is 6.11. The van der Waals surface area contributed by atoms with Crippen molar-refractivity contribution in [2.45, 2.75) is 6.42 Å². The van der Waals surface area contributed by atoms with Crippen LogP contribution in [0.5, 0.6) is 5.75 Å². The maximum Gasteiger partial charge on any atom is 0.163 e. The van der Waals surface area contributed by atoms with E-state index in [1.54, 1.807) is 36.4 Å². The number of anilines is 1. The molecule has 0 aliphatic carbocycles. The number of aromatic hydroxyl groups is 1. The Balaban J connectivity index is 1.71. The molecular formula is C27H25NO3. The molecule has 0 spiro atoms. The second kappa shape index (κ2) is 10.2. The Morgan fingerprint density at radius 1 is 0.806 bits per heavy atom. The maximum atomic E-state index is 12.3. The minimum atomic E-state index is -0.270. The molecule has 156 valence electrons. The van der Waals surface area contributed by atoms with Crippen LogP contribution in [0.2, 0.25) is 0 Å². The van der Waals surface area contributed by atoms with Crippen LogP contribution in [0.4, 0.5) is 5.69 Å². The monoisotopic (exact) mass is 411 g/mol. The number of rotatable bonds is 8. The highest BCUT2D eigenvalue weighted by atomic mass is 16.3. The molecule has 3 aromatic rings. The van der Waals surface area contributed by atoms with Crippen molar-refractivity contribution in [2.24, 2.45) is 0 Å². The summed E-state index contributed by atoms with van der Waals surface area (Å²) in [5, 5.41) is 9.30. The Kier molecular flexibility index (Phi) is 7.17. The standard InChI is InChI=1S/C27H25NO3/c1-28(2)27-17-12-22(21-6-4-3-5-7-21)18-23(27)11-16-26(31)19-25(30)15-10-20-8-13-24(29)14-9-20/h3-18,29H,19H2,1-2H3/b15-10+,16-11+. The molecule has 0 saturated carbocycles. The number of ketones is 2. The lowest BCUT2D eigenvalue weighted by Gasteiger charge is -2.17. The van der Waals surface area contributed by atoms with Crippen molar-refractivity contribution in [1.29, 1.82) is 0 Å². The molecular weight excluding hydrogens is 386 g/mol. The molecule has 3 aromatic carbocycles. The first-order valence-corrected chi connectivity index (χ1v) is 10.00. The predicted molar refractivity (Wildman–Crippen MR) is 127 cm³/mol. The zero-order chi connectivity index (χ0) is 22.2. The highest BCUT2D eigenvalue weighted by Gasteiger charge is 2.08. The SMILES string of the molecule is CN(C)c1ccc(-c2ccccc2)cc1/C=C/C(=O)CC(=O)/C=C/c1ccc(O)cc1. The first-order chi connectivity index (χ1) is 14.9. The van der Waals surface area contributed by atoms with E-state index < -0.39 is 0 Å². The Hall–Kier alpha value is -3.92. The van der Waals surface area contributed by atoms with E-state index in [1.165, 1.54) is 12.2 Å². The lowest BCUT2D eigenvalue weighted by atomic mass is 10.0. The third kappa shape index (κ3) is 6.28. The minimum Gasteiger partial charge on any atom is -0.508 e. The number of hydrogen-bond donors (Lipinski definition) is 1. The van der Waals surface area contributed by atoms with E-state index >= 15 is 0 Å². The number of phenolic OH excluding ortho intramolecular Hbond substituents is 1. The Morgan fingerprint density at radius 2 is 1.45 bits per heavy atom. The van der Waals surface area contributed by atoms with Gasteiger partial charge in [0.2, 0.25) is 0 Å².